The molecule has 36 heavy (non-hydrogen) atoms. The average Bonchev–Trinajstić information content (AvgIpc) is 3.35. The standard InChI is InChI=1S/C28H38N4O4/c33-25-15-23(29-17-19-7-3-1-4-8-19)27(35)31(25)21-11-13-22(14-12-21)32-26(34)16-24(28(32)36)30-18-20-9-5-2-6-10-20/h11-14,19-20,23-24,29-30H,1-10,15-18H2/p+2/t23-,24-/m0/s1. The zero-order chi connectivity index (χ0) is 25.1. The topological polar surface area (TPSA) is 108 Å². The summed E-state index contributed by atoms with van der Waals surface area (Å²) in [7, 11) is 0. The van der Waals surface area contributed by atoms with Crippen molar-refractivity contribution in [2.24, 2.45) is 11.8 Å². The van der Waals surface area contributed by atoms with Gasteiger partial charge in [0.05, 0.1) is 37.3 Å². The maximum atomic E-state index is 13.0. The highest BCUT2D eigenvalue weighted by Gasteiger charge is 2.44. The van der Waals surface area contributed by atoms with E-state index >= 15 is 0 Å². The Balaban J connectivity index is 1.18. The van der Waals surface area contributed by atoms with Crippen LogP contribution in [0.2, 0.25) is 0 Å². The van der Waals surface area contributed by atoms with E-state index in [0.717, 1.165) is 13.1 Å². The van der Waals surface area contributed by atoms with Crippen molar-refractivity contribution in [1.29, 1.82) is 0 Å². The van der Waals surface area contributed by atoms with E-state index in [4.69, 9.17) is 0 Å². The number of nitrogens with two attached hydrogens (primary N) is 2. The van der Waals surface area contributed by atoms with E-state index < -0.39 is 0 Å². The number of quaternary nitrogens is 2. The van der Waals surface area contributed by atoms with E-state index in [1.54, 1.807) is 24.3 Å². The Labute approximate surface area is 213 Å². The molecular weight excluding hydrogens is 456 g/mol. The number of anilines is 2. The molecule has 1 aromatic rings. The highest BCUT2D eigenvalue weighted by molar-refractivity contribution is 6.23. The van der Waals surface area contributed by atoms with Crippen molar-refractivity contribution in [3.8, 4) is 0 Å². The van der Waals surface area contributed by atoms with E-state index in [0.29, 0.717) is 23.2 Å². The smallest absolute Gasteiger partial charge is 0.292 e. The summed E-state index contributed by atoms with van der Waals surface area (Å²) in [5, 5.41) is 4.10. The lowest BCUT2D eigenvalue weighted by Gasteiger charge is -2.21. The molecule has 8 nitrogen and oxygen atoms in total. The number of benzene rings is 1. The minimum absolute atomic E-state index is 0.172. The Bertz CT molecular complexity index is 903. The molecule has 0 spiro atoms. The van der Waals surface area contributed by atoms with Crippen molar-refractivity contribution in [3.63, 3.8) is 0 Å². The van der Waals surface area contributed by atoms with Gasteiger partial charge in [-0.3, -0.25) is 19.2 Å². The summed E-state index contributed by atoms with van der Waals surface area (Å²) in [5.41, 5.74) is 1.00. The minimum Gasteiger partial charge on any atom is -0.335 e. The van der Waals surface area contributed by atoms with Gasteiger partial charge in [-0.2, -0.15) is 0 Å². The van der Waals surface area contributed by atoms with Gasteiger partial charge in [-0.15, -0.1) is 0 Å². The van der Waals surface area contributed by atoms with Gasteiger partial charge < -0.3 is 10.6 Å². The maximum Gasteiger partial charge on any atom is 0.292 e. The third-order valence-corrected chi connectivity index (χ3v) is 8.69. The molecule has 2 saturated heterocycles. The van der Waals surface area contributed by atoms with E-state index in [-0.39, 0.29) is 48.6 Å². The molecule has 2 aliphatic carbocycles. The SMILES string of the molecule is O=C1C[C@H]([NH2+]CC2CCCCC2)C(=O)N1c1ccc(N2C(=O)C[C@H]([NH2+]CC3CCCCC3)C2=O)cc1. The molecule has 0 unspecified atom stereocenters. The van der Waals surface area contributed by atoms with E-state index in [2.05, 4.69) is 10.6 Å². The van der Waals surface area contributed by atoms with Crippen LogP contribution in [0.5, 0.6) is 0 Å². The molecule has 0 radical (unpaired) electrons. The van der Waals surface area contributed by atoms with Crippen molar-refractivity contribution in [3.05, 3.63) is 24.3 Å². The molecule has 1 aromatic carbocycles. The van der Waals surface area contributed by atoms with Gasteiger partial charge in [0.15, 0.2) is 12.1 Å². The van der Waals surface area contributed by atoms with Gasteiger partial charge in [-0.05, 0) is 49.9 Å². The zero-order valence-corrected chi connectivity index (χ0v) is 21.2. The molecule has 4 N–H and O–H groups in total. The number of carbonyl (C=O) groups is 4. The summed E-state index contributed by atoms with van der Waals surface area (Å²) in [4.78, 5) is 54.0. The first-order valence-corrected chi connectivity index (χ1v) is 14.0. The number of rotatable bonds is 8. The molecule has 2 heterocycles. The number of hydrogen-bond acceptors (Lipinski definition) is 4. The maximum absolute atomic E-state index is 13.0. The number of nitrogens with zero attached hydrogens (tertiary/aromatic N) is 2. The summed E-state index contributed by atoms with van der Waals surface area (Å²) in [6.45, 7) is 1.79. The Morgan fingerprint density at radius 2 is 0.944 bits per heavy atom. The molecule has 2 saturated carbocycles. The van der Waals surface area contributed by atoms with Crippen molar-refractivity contribution < 1.29 is 29.8 Å². The summed E-state index contributed by atoms with van der Waals surface area (Å²) >= 11 is 0. The summed E-state index contributed by atoms with van der Waals surface area (Å²) < 4.78 is 0. The molecule has 5 rings (SSSR count). The van der Waals surface area contributed by atoms with Crippen molar-refractivity contribution in [2.45, 2.75) is 89.1 Å². The Morgan fingerprint density at radius 3 is 1.31 bits per heavy atom. The van der Waals surface area contributed by atoms with Crippen molar-refractivity contribution >= 4 is 35.0 Å². The quantitative estimate of drug-likeness (QED) is 0.528. The summed E-state index contributed by atoms with van der Waals surface area (Å²) in [6, 6.07) is 5.98. The fourth-order valence-electron chi connectivity index (χ4n) is 6.53. The van der Waals surface area contributed by atoms with Crippen LogP contribution in [-0.2, 0) is 19.2 Å². The first-order chi connectivity index (χ1) is 17.5. The molecule has 194 valence electrons. The third kappa shape index (κ3) is 5.39. The van der Waals surface area contributed by atoms with Gasteiger partial charge in [0.2, 0.25) is 11.8 Å². The lowest BCUT2D eigenvalue weighted by molar-refractivity contribution is -0.680. The largest absolute Gasteiger partial charge is 0.335 e. The fraction of sp³-hybridized carbons (Fsp3) is 0.643. The summed E-state index contributed by atoms with van der Waals surface area (Å²) in [6.07, 6.45) is 12.9. The highest BCUT2D eigenvalue weighted by Crippen LogP contribution is 2.28. The van der Waals surface area contributed by atoms with Crippen molar-refractivity contribution in [2.75, 3.05) is 22.9 Å². The molecule has 4 fully saturated rings. The Kier molecular flexibility index (Phi) is 7.82. The molecule has 0 bridgehead atoms. The van der Waals surface area contributed by atoms with E-state index in [9.17, 15) is 19.2 Å². The van der Waals surface area contributed by atoms with E-state index in [1.165, 1.54) is 74.0 Å². The van der Waals surface area contributed by atoms with Gasteiger partial charge in [-0.25, -0.2) is 9.80 Å². The second-order valence-corrected chi connectivity index (χ2v) is 11.2. The van der Waals surface area contributed by atoms with Crippen molar-refractivity contribution in [1.82, 2.24) is 0 Å². The molecule has 8 heteroatoms. The first kappa shape index (κ1) is 25.1. The number of hydrogen-bond donors (Lipinski definition) is 2. The van der Waals surface area contributed by atoms with Crippen LogP contribution >= 0.6 is 0 Å². The van der Waals surface area contributed by atoms with Gasteiger partial charge in [0, 0.05) is 11.8 Å². The van der Waals surface area contributed by atoms with Crippen LogP contribution in [0.15, 0.2) is 24.3 Å². The molecule has 4 amide bonds. The highest BCUT2D eigenvalue weighted by atomic mass is 16.2. The third-order valence-electron chi connectivity index (χ3n) is 8.69. The number of imide groups is 2. The number of carbonyl (C=O) groups excluding carboxylic acids is 4. The molecular formula is C28H40N4O4+2. The van der Waals surface area contributed by atoms with Crippen LogP contribution in [-0.4, -0.2) is 48.8 Å². The summed E-state index contributed by atoms with van der Waals surface area (Å²) in [5.74, 6) is 0.540. The second-order valence-electron chi connectivity index (χ2n) is 11.2. The predicted octanol–water partition coefficient (Wildman–Crippen LogP) is 1.24. The van der Waals surface area contributed by atoms with Gasteiger partial charge in [0.1, 0.15) is 0 Å². The minimum atomic E-state index is -0.360. The second kappa shape index (κ2) is 11.2. The van der Waals surface area contributed by atoms with E-state index in [1.807, 2.05) is 0 Å². The van der Waals surface area contributed by atoms with Crippen LogP contribution in [0.1, 0.15) is 77.0 Å². The fourth-order valence-corrected chi connectivity index (χ4v) is 6.53. The normalized spacial score (nSPS) is 26.4. The lowest BCUT2D eigenvalue weighted by atomic mass is 9.89. The predicted molar refractivity (Wildman–Crippen MR) is 135 cm³/mol. The Morgan fingerprint density at radius 1 is 0.583 bits per heavy atom. The number of amides is 4. The average molecular weight is 497 g/mol. The van der Waals surface area contributed by atoms with Crippen LogP contribution in [0.4, 0.5) is 11.4 Å². The van der Waals surface area contributed by atoms with Crippen LogP contribution in [0.3, 0.4) is 0 Å². The van der Waals surface area contributed by atoms with Crippen LogP contribution in [0, 0.1) is 11.8 Å². The van der Waals surface area contributed by atoms with Gasteiger partial charge >= 0.3 is 0 Å². The molecule has 4 aliphatic rings. The van der Waals surface area contributed by atoms with Crippen LogP contribution < -0.4 is 20.4 Å². The van der Waals surface area contributed by atoms with Gasteiger partial charge in [0.25, 0.3) is 11.8 Å². The Hall–Kier alpha value is -2.58. The monoisotopic (exact) mass is 496 g/mol. The molecule has 0 aromatic heterocycles. The first-order valence-electron chi connectivity index (χ1n) is 14.0. The van der Waals surface area contributed by atoms with Gasteiger partial charge in [-0.1, -0.05) is 38.5 Å². The molecule has 2 atom stereocenters. The zero-order valence-electron chi connectivity index (χ0n) is 21.2. The molecule has 2 aliphatic heterocycles. The lowest BCUT2D eigenvalue weighted by Crippen LogP contribution is -2.92. The van der Waals surface area contributed by atoms with Crippen LogP contribution in [0.25, 0.3) is 0 Å².